The molecule has 0 saturated heterocycles. The van der Waals surface area contributed by atoms with Crippen LogP contribution in [-0.4, -0.2) is 32.3 Å². The number of imidazole rings is 2. The van der Waals surface area contributed by atoms with E-state index in [1.165, 1.54) is 0 Å². The largest absolute Gasteiger partial charge is 0.382 e. The van der Waals surface area contributed by atoms with Crippen molar-refractivity contribution in [1.82, 2.24) is 19.1 Å². The Morgan fingerprint density at radius 1 is 1.35 bits per heavy atom. The molecule has 0 fully saturated rings. The maximum absolute atomic E-state index is 12.1. The number of nitrogens with two attached hydrogens (primary N) is 1. The Labute approximate surface area is 134 Å². The van der Waals surface area contributed by atoms with Crippen molar-refractivity contribution in [2.24, 2.45) is 0 Å². The smallest absolute Gasteiger partial charge is 0.326 e. The van der Waals surface area contributed by atoms with E-state index in [-0.39, 0.29) is 11.7 Å². The molecule has 2 aromatic heterocycles. The standard InChI is InChI=1S/C16H23N5O2/c1-4-23-7-5-6-20-13-9-14-12(8-11(13)18-15(20)17)19-16(22)21(14)10(2)3/h8-10H,4-7H2,1-3H3,(H2,17,18)(H,19,22). The Morgan fingerprint density at radius 3 is 2.83 bits per heavy atom. The topological polar surface area (TPSA) is 90.9 Å². The van der Waals surface area contributed by atoms with Gasteiger partial charge in [0.05, 0.1) is 22.1 Å². The van der Waals surface area contributed by atoms with E-state index in [4.69, 9.17) is 10.5 Å². The zero-order chi connectivity index (χ0) is 16.6. The summed E-state index contributed by atoms with van der Waals surface area (Å²) in [6.45, 7) is 8.11. The summed E-state index contributed by atoms with van der Waals surface area (Å²) in [6.07, 6.45) is 0.867. The maximum Gasteiger partial charge on any atom is 0.326 e. The number of benzene rings is 1. The normalized spacial score (nSPS) is 12.0. The third-order valence-electron chi connectivity index (χ3n) is 4.01. The van der Waals surface area contributed by atoms with Gasteiger partial charge in [-0.25, -0.2) is 9.78 Å². The Bertz CT molecular complexity index is 887. The van der Waals surface area contributed by atoms with Crippen LogP contribution in [0.5, 0.6) is 0 Å². The second-order valence-electron chi connectivity index (χ2n) is 5.92. The number of ether oxygens (including phenoxy) is 1. The molecular formula is C16H23N5O2. The van der Waals surface area contributed by atoms with Crippen LogP contribution < -0.4 is 11.4 Å². The van der Waals surface area contributed by atoms with E-state index >= 15 is 0 Å². The SMILES string of the molecule is CCOCCCn1c(N)nc2cc3[nH]c(=O)n(C(C)C)c3cc21. The van der Waals surface area contributed by atoms with E-state index in [0.717, 1.165) is 35.0 Å². The molecule has 7 heteroatoms. The number of nitrogens with one attached hydrogen (secondary N) is 1. The molecule has 0 atom stereocenters. The number of anilines is 1. The summed E-state index contributed by atoms with van der Waals surface area (Å²) < 4.78 is 9.12. The van der Waals surface area contributed by atoms with Gasteiger partial charge in [0.1, 0.15) is 0 Å². The van der Waals surface area contributed by atoms with E-state index in [1.54, 1.807) is 4.57 Å². The molecule has 0 saturated carbocycles. The molecule has 3 aromatic rings. The quantitative estimate of drug-likeness (QED) is 0.682. The molecule has 0 aliphatic rings. The molecule has 1 aromatic carbocycles. The zero-order valence-electron chi connectivity index (χ0n) is 13.8. The first-order valence-corrected chi connectivity index (χ1v) is 8.00. The Morgan fingerprint density at radius 2 is 2.13 bits per heavy atom. The summed E-state index contributed by atoms with van der Waals surface area (Å²) in [5.41, 5.74) is 9.37. The molecule has 3 N–H and O–H groups in total. The number of aromatic nitrogens is 4. The fourth-order valence-corrected chi connectivity index (χ4v) is 2.98. The van der Waals surface area contributed by atoms with Crippen molar-refractivity contribution in [2.45, 2.75) is 39.8 Å². The van der Waals surface area contributed by atoms with Crippen LogP contribution in [0, 0.1) is 0 Å². The average molecular weight is 317 g/mol. The molecule has 0 amide bonds. The minimum absolute atomic E-state index is 0.0837. The number of aromatic amines is 1. The molecule has 0 bridgehead atoms. The van der Waals surface area contributed by atoms with Gasteiger partial charge in [0.15, 0.2) is 0 Å². The summed E-state index contributed by atoms with van der Waals surface area (Å²) in [5, 5.41) is 0. The van der Waals surface area contributed by atoms with Crippen LogP contribution in [0.25, 0.3) is 22.1 Å². The van der Waals surface area contributed by atoms with Crippen molar-refractivity contribution in [3.05, 3.63) is 22.6 Å². The van der Waals surface area contributed by atoms with Gasteiger partial charge in [0.25, 0.3) is 0 Å². The van der Waals surface area contributed by atoms with Crippen LogP contribution in [0.2, 0.25) is 0 Å². The summed E-state index contributed by atoms with van der Waals surface area (Å²) in [7, 11) is 0. The van der Waals surface area contributed by atoms with Gasteiger partial charge in [-0.05, 0) is 39.3 Å². The van der Waals surface area contributed by atoms with Gasteiger partial charge in [-0.15, -0.1) is 0 Å². The predicted octanol–water partition coefficient (Wildman–Crippen LogP) is 2.27. The highest BCUT2D eigenvalue weighted by molar-refractivity contribution is 5.92. The number of fused-ring (bicyclic) bond motifs is 2. The summed E-state index contributed by atoms with van der Waals surface area (Å²) >= 11 is 0. The van der Waals surface area contributed by atoms with Crippen molar-refractivity contribution in [3.63, 3.8) is 0 Å². The van der Waals surface area contributed by atoms with E-state index in [2.05, 4.69) is 9.97 Å². The fraction of sp³-hybridized carbons (Fsp3) is 0.500. The fourth-order valence-electron chi connectivity index (χ4n) is 2.98. The number of nitrogen functional groups attached to an aromatic ring is 1. The highest BCUT2D eigenvalue weighted by Crippen LogP contribution is 2.24. The zero-order valence-corrected chi connectivity index (χ0v) is 13.8. The molecule has 3 rings (SSSR count). The minimum Gasteiger partial charge on any atom is -0.382 e. The molecule has 2 heterocycles. The number of hydrogen-bond donors (Lipinski definition) is 2. The Hall–Kier alpha value is -2.28. The van der Waals surface area contributed by atoms with Crippen molar-refractivity contribution in [2.75, 3.05) is 18.9 Å². The van der Waals surface area contributed by atoms with Crippen LogP contribution in [0.1, 0.15) is 33.2 Å². The average Bonchev–Trinajstić information content (AvgIpc) is 2.96. The number of hydrogen-bond acceptors (Lipinski definition) is 4. The molecule has 0 aliphatic heterocycles. The first-order valence-electron chi connectivity index (χ1n) is 8.00. The monoisotopic (exact) mass is 317 g/mol. The maximum atomic E-state index is 12.1. The third-order valence-corrected chi connectivity index (χ3v) is 4.01. The van der Waals surface area contributed by atoms with Crippen LogP contribution in [0.4, 0.5) is 5.95 Å². The molecule has 0 unspecified atom stereocenters. The van der Waals surface area contributed by atoms with Gasteiger partial charge < -0.3 is 20.0 Å². The predicted molar refractivity (Wildman–Crippen MR) is 91.8 cm³/mol. The van der Waals surface area contributed by atoms with Crippen LogP contribution in [0.3, 0.4) is 0 Å². The van der Waals surface area contributed by atoms with E-state index in [9.17, 15) is 4.79 Å². The molecular weight excluding hydrogens is 294 g/mol. The Kier molecular flexibility index (Phi) is 4.12. The summed E-state index contributed by atoms with van der Waals surface area (Å²) in [4.78, 5) is 19.4. The summed E-state index contributed by atoms with van der Waals surface area (Å²) in [5.74, 6) is 0.489. The minimum atomic E-state index is -0.0986. The molecule has 0 spiro atoms. The second kappa shape index (κ2) is 6.08. The lowest BCUT2D eigenvalue weighted by Crippen LogP contribution is -2.18. The van der Waals surface area contributed by atoms with Crippen LogP contribution >= 0.6 is 0 Å². The van der Waals surface area contributed by atoms with Crippen molar-refractivity contribution in [1.29, 1.82) is 0 Å². The first kappa shape index (κ1) is 15.6. The van der Waals surface area contributed by atoms with Gasteiger partial charge in [-0.3, -0.25) is 4.57 Å². The van der Waals surface area contributed by atoms with E-state index < -0.39 is 0 Å². The molecule has 7 nitrogen and oxygen atoms in total. The van der Waals surface area contributed by atoms with Crippen molar-refractivity contribution < 1.29 is 4.74 Å². The molecule has 124 valence electrons. The molecule has 23 heavy (non-hydrogen) atoms. The number of rotatable bonds is 6. The first-order chi connectivity index (χ1) is 11.0. The van der Waals surface area contributed by atoms with Crippen LogP contribution in [0.15, 0.2) is 16.9 Å². The van der Waals surface area contributed by atoms with E-state index in [1.807, 2.05) is 37.5 Å². The van der Waals surface area contributed by atoms with Gasteiger partial charge in [0.2, 0.25) is 5.95 Å². The Balaban J connectivity index is 2.09. The third kappa shape index (κ3) is 2.72. The van der Waals surface area contributed by atoms with Crippen molar-refractivity contribution in [3.8, 4) is 0 Å². The lowest BCUT2D eigenvalue weighted by atomic mass is 10.2. The number of nitrogens with zero attached hydrogens (tertiary/aromatic N) is 3. The molecule has 0 radical (unpaired) electrons. The van der Waals surface area contributed by atoms with Gasteiger partial charge in [-0.2, -0.15) is 0 Å². The lowest BCUT2D eigenvalue weighted by molar-refractivity contribution is 0.142. The van der Waals surface area contributed by atoms with Crippen molar-refractivity contribution >= 4 is 28.0 Å². The summed E-state index contributed by atoms with van der Waals surface area (Å²) in [6, 6.07) is 3.97. The van der Waals surface area contributed by atoms with Gasteiger partial charge in [-0.1, -0.05) is 0 Å². The highest BCUT2D eigenvalue weighted by atomic mass is 16.5. The second-order valence-corrected chi connectivity index (χ2v) is 5.92. The van der Waals surface area contributed by atoms with E-state index in [0.29, 0.717) is 19.2 Å². The van der Waals surface area contributed by atoms with Crippen LogP contribution in [-0.2, 0) is 11.3 Å². The van der Waals surface area contributed by atoms with Gasteiger partial charge in [0, 0.05) is 25.8 Å². The lowest BCUT2D eigenvalue weighted by Gasteiger charge is -2.09. The molecule has 0 aliphatic carbocycles. The highest BCUT2D eigenvalue weighted by Gasteiger charge is 2.14. The number of H-pyrrole nitrogens is 1. The number of aryl methyl sites for hydroxylation is 1. The van der Waals surface area contributed by atoms with Gasteiger partial charge >= 0.3 is 5.69 Å².